The highest BCUT2D eigenvalue weighted by molar-refractivity contribution is 6.33. The summed E-state index contributed by atoms with van der Waals surface area (Å²) in [7, 11) is -1.75. The summed E-state index contributed by atoms with van der Waals surface area (Å²) in [5.41, 5.74) is 1.11. The Morgan fingerprint density at radius 1 is 1.18 bits per heavy atom. The average Bonchev–Trinajstić information content (AvgIpc) is 2.29. The maximum atomic E-state index is 8.57. The molecule has 0 aromatic heterocycles. The van der Waals surface area contributed by atoms with E-state index >= 15 is 0 Å². The molecular weight excluding hydrogens is 223 g/mol. The molecular formula is C11H19BO5. The van der Waals surface area contributed by atoms with Crippen molar-refractivity contribution in [3.8, 4) is 5.75 Å². The molecule has 17 heavy (non-hydrogen) atoms. The van der Waals surface area contributed by atoms with Crippen LogP contribution in [-0.2, 0) is 0 Å². The molecule has 0 aliphatic carbocycles. The lowest BCUT2D eigenvalue weighted by Gasteiger charge is -2.08. The molecule has 0 heterocycles. The molecule has 1 aromatic carbocycles. The van der Waals surface area contributed by atoms with E-state index in [4.69, 9.17) is 24.9 Å². The zero-order valence-electron chi connectivity index (χ0n) is 10.1. The first-order valence-electron chi connectivity index (χ1n) is 5.35. The Kier molecular flexibility index (Phi) is 8.44. The van der Waals surface area contributed by atoms with Crippen molar-refractivity contribution in [1.82, 2.24) is 0 Å². The fraction of sp³-hybridized carbons (Fsp3) is 0.455. The van der Waals surface area contributed by atoms with Crippen molar-refractivity contribution < 1.29 is 24.9 Å². The summed E-state index contributed by atoms with van der Waals surface area (Å²) in [4.78, 5) is 0. The highest BCUT2D eigenvalue weighted by Crippen LogP contribution is 2.19. The van der Waals surface area contributed by atoms with Gasteiger partial charge in [-0.3, -0.25) is 0 Å². The van der Waals surface area contributed by atoms with Crippen LogP contribution in [0.1, 0.15) is 25.3 Å². The molecule has 5 nitrogen and oxygen atoms in total. The van der Waals surface area contributed by atoms with Crippen LogP contribution in [0.3, 0.4) is 0 Å². The van der Waals surface area contributed by atoms with E-state index in [0.29, 0.717) is 11.7 Å². The lowest BCUT2D eigenvalue weighted by molar-refractivity contribution is 0.186. The van der Waals surface area contributed by atoms with Gasteiger partial charge in [0.2, 0.25) is 0 Å². The minimum Gasteiger partial charge on any atom is -0.512 e. The fourth-order valence-electron chi connectivity index (χ4n) is 1.07. The van der Waals surface area contributed by atoms with Crippen LogP contribution in [0.5, 0.6) is 5.75 Å². The van der Waals surface area contributed by atoms with Gasteiger partial charge >= 0.3 is 7.32 Å². The SMILES string of the molecule is CC(C)c1cccc(OB(O)O)c1.OCCO. The molecule has 6 heteroatoms. The van der Waals surface area contributed by atoms with Crippen molar-refractivity contribution in [2.45, 2.75) is 19.8 Å². The zero-order valence-corrected chi connectivity index (χ0v) is 10.1. The highest BCUT2D eigenvalue weighted by Gasteiger charge is 2.11. The van der Waals surface area contributed by atoms with E-state index in [1.54, 1.807) is 12.1 Å². The molecule has 0 spiro atoms. The van der Waals surface area contributed by atoms with Gasteiger partial charge in [-0.2, -0.15) is 0 Å². The van der Waals surface area contributed by atoms with E-state index in [-0.39, 0.29) is 13.2 Å². The Bertz CT molecular complexity index is 302. The number of aliphatic hydroxyl groups excluding tert-OH is 2. The van der Waals surface area contributed by atoms with Crippen LogP contribution in [0.25, 0.3) is 0 Å². The summed E-state index contributed by atoms with van der Waals surface area (Å²) in [6.45, 7) is 3.88. The molecule has 0 radical (unpaired) electrons. The summed E-state index contributed by atoms with van der Waals surface area (Å²) in [6.07, 6.45) is 0. The zero-order chi connectivity index (χ0) is 13.3. The molecule has 4 N–H and O–H groups in total. The largest absolute Gasteiger partial charge is 0.707 e. The van der Waals surface area contributed by atoms with Crippen LogP contribution in [0.2, 0.25) is 0 Å². The number of aliphatic hydroxyl groups is 2. The topological polar surface area (TPSA) is 90.2 Å². The van der Waals surface area contributed by atoms with Crippen LogP contribution in [0.4, 0.5) is 0 Å². The van der Waals surface area contributed by atoms with E-state index in [1.165, 1.54) is 0 Å². The van der Waals surface area contributed by atoms with Gasteiger partial charge in [-0.1, -0.05) is 26.0 Å². The van der Waals surface area contributed by atoms with Crippen LogP contribution < -0.4 is 4.65 Å². The summed E-state index contributed by atoms with van der Waals surface area (Å²) in [5, 5.41) is 32.4. The molecule has 0 aliphatic heterocycles. The van der Waals surface area contributed by atoms with Gasteiger partial charge in [-0.15, -0.1) is 0 Å². The smallest absolute Gasteiger partial charge is 0.512 e. The number of hydrogen-bond donors (Lipinski definition) is 4. The first kappa shape index (κ1) is 15.9. The Labute approximate surface area is 101 Å². The molecule has 96 valence electrons. The monoisotopic (exact) mass is 242 g/mol. The van der Waals surface area contributed by atoms with Crippen LogP contribution >= 0.6 is 0 Å². The van der Waals surface area contributed by atoms with Gasteiger partial charge in [-0.05, 0) is 23.6 Å². The van der Waals surface area contributed by atoms with Gasteiger partial charge in [0.05, 0.1) is 13.2 Å². The van der Waals surface area contributed by atoms with Crippen LogP contribution in [0.15, 0.2) is 24.3 Å². The van der Waals surface area contributed by atoms with Crippen molar-refractivity contribution in [3.05, 3.63) is 29.8 Å². The van der Waals surface area contributed by atoms with E-state index in [9.17, 15) is 0 Å². The molecule has 0 aliphatic rings. The predicted molar refractivity (Wildman–Crippen MR) is 65.5 cm³/mol. The summed E-state index contributed by atoms with van der Waals surface area (Å²) in [5.74, 6) is 0.876. The van der Waals surface area contributed by atoms with Gasteiger partial charge in [0.1, 0.15) is 5.75 Å². The maximum absolute atomic E-state index is 8.57. The number of rotatable bonds is 4. The molecule has 0 atom stereocenters. The molecule has 1 rings (SSSR count). The van der Waals surface area contributed by atoms with Gasteiger partial charge in [0.15, 0.2) is 0 Å². The number of benzene rings is 1. The third-order valence-electron chi connectivity index (χ3n) is 1.87. The minimum absolute atomic E-state index is 0.125. The lowest BCUT2D eigenvalue weighted by atomic mass is 10.0. The third kappa shape index (κ3) is 7.76. The first-order valence-corrected chi connectivity index (χ1v) is 5.35. The maximum Gasteiger partial charge on any atom is 0.707 e. The van der Waals surface area contributed by atoms with Crippen molar-refractivity contribution in [1.29, 1.82) is 0 Å². The highest BCUT2D eigenvalue weighted by atomic mass is 16.6. The average molecular weight is 242 g/mol. The summed E-state index contributed by atoms with van der Waals surface area (Å²) < 4.78 is 4.72. The van der Waals surface area contributed by atoms with Crippen molar-refractivity contribution in [2.75, 3.05) is 13.2 Å². The van der Waals surface area contributed by atoms with Crippen LogP contribution in [0, 0.1) is 0 Å². The number of hydrogen-bond acceptors (Lipinski definition) is 5. The molecule has 0 bridgehead atoms. The van der Waals surface area contributed by atoms with E-state index < -0.39 is 7.32 Å². The molecule has 0 fully saturated rings. The van der Waals surface area contributed by atoms with Gasteiger partial charge < -0.3 is 24.9 Å². The Morgan fingerprint density at radius 3 is 2.18 bits per heavy atom. The second-order valence-electron chi connectivity index (χ2n) is 3.62. The summed E-state index contributed by atoms with van der Waals surface area (Å²) in [6, 6.07) is 7.28. The second kappa shape index (κ2) is 9.01. The van der Waals surface area contributed by atoms with Gasteiger partial charge in [0.25, 0.3) is 0 Å². The summed E-state index contributed by atoms with van der Waals surface area (Å²) >= 11 is 0. The van der Waals surface area contributed by atoms with E-state index in [1.807, 2.05) is 12.1 Å². The lowest BCUT2D eigenvalue weighted by Crippen LogP contribution is -2.20. The fourth-order valence-corrected chi connectivity index (χ4v) is 1.07. The van der Waals surface area contributed by atoms with E-state index in [2.05, 4.69) is 13.8 Å². The molecule has 0 amide bonds. The standard InChI is InChI=1S/C9H13BO3.C2H6O2/c1-7(2)8-4-3-5-9(6-8)13-10(11)12;3-1-2-4/h3-7,11-12H,1-2H3;3-4H,1-2H2. The van der Waals surface area contributed by atoms with Crippen molar-refractivity contribution in [2.24, 2.45) is 0 Å². The Balaban J connectivity index is 0.000000557. The Hall–Kier alpha value is -1.08. The molecule has 0 saturated carbocycles. The first-order chi connectivity index (χ1) is 8.01. The van der Waals surface area contributed by atoms with Crippen molar-refractivity contribution in [3.63, 3.8) is 0 Å². The molecule has 1 aromatic rings. The van der Waals surface area contributed by atoms with Gasteiger partial charge in [0, 0.05) is 0 Å². The quantitative estimate of drug-likeness (QED) is 0.563. The van der Waals surface area contributed by atoms with Crippen LogP contribution in [-0.4, -0.2) is 40.8 Å². The second-order valence-corrected chi connectivity index (χ2v) is 3.62. The van der Waals surface area contributed by atoms with Crippen molar-refractivity contribution >= 4 is 7.32 Å². The minimum atomic E-state index is -1.75. The molecule has 0 saturated heterocycles. The predicted octanol–water partition coefficient (Wildman–Crippen LogP) is 0.129. The Morgan fingerprint density at radius 2 is 1.76 bits per heavy atom. The molecule has 0 unspecified atom stereocenters. The van der Waals surface area contributed by atoms with Gasteiger partial charge in [-0.25, -0.2) is 0 Å². The normalized spacial score (nSPS) is 9.59. The third-order valence-corrected chi connectivity index (χ3v) is 1.87. The van der Waals surface area contributed by atoms with E-state index in [0.717, 1.165) is 5.56 Å².